The van der Waals surface area contributed by atoms with Crippen molar-refractivity contribution >= 4 is 28.3 Å². The van der Waals surface area contributed by atoms with Crippen LogP contribution >= 0.6 is 11.6 Å². The van der Waals surface area contributed by atoms with Crippen LogP contribution in [0.1, 0.15) is 21.7 Å². The van der Waals surface area contributed by atoms with Gasteiger partial charge in [-0.25, -0.2) is 14.8 Å². The van der Waals surface area contributed by atoms with Gasteiger partial charge in [0.25, 0.3) is 0 Å². The topological polar surface area (TPSA) is 79.0 Å². The number of carbonyl (C=O) groups is 1. The largest absolute Gasteiger partial charge is 0.618 e. The Balaban J connectivity index is 2.21. The van der Waals surface area contributed by atoms with E-state index in [4.69, 9.17) is 11.6 Å². The number of aromatic nitrogens is 3. The molecular formula is C17H14ClN3O3. The lowest BCUT2D eigenvalue weighted by molar-refractivity contribution is -0.599. The lowest BCUT2D eigenvalue weighted by atomic mass is 10.0. The average Bonchev–Trinajstić information content (AvgIpc) is 2.58. The zero-order chi connectivity index (χ0) is 17.4. The number of hydrogen-bond donors (Lipinski definition) is 0. The Hall–Kier alpha value is -2.73. The summed E-state index contributed by atoms with van der Waals surface area (Å²) >= 11 is 5.91. The first kappa shape index (κ1) is 16.1. The summed E-state index contributed by atoms with van der Waals surface area (Å²) in [5, 5.41) is 14.5. The van der Waals surface area contributed by atoms with Crippen molar-refractivity contribution in [3.05, 3.63) is 57.9 Å². The summed E-state index contributed by atoms with van der Waals surface area (Å²) in [7, 11) is 1.30. The first-order valence-electron chi connectivity index (χ1n) is 7.16. The number of hydrogen-bond acceptors (Lipinski definition) is 5. The maximum Gasteiger partial charge on any atom is 0.356 e. The first-order chi connectivity index (χ1) is 11.4. The van der Waals surface area contributed by atoms with Gasteiger partial charge in [0, 0.05) is 30.8 Å². The fourth-order valence-corrected chi connectivity index (χ4v) is 2.75. The Morgan fingerprint density at radius 2 is 1.96 bits per heavy atom. The number of esters is 1. The van der Waals surface area contributed by atoms with Gasteiger partial charge in [-0.3, -0.25) is 0 Å². The number of halogens is 1. The molecule has 0 radical (unpaired) electrons. The Kier molecular flexibility index (Phi) is 4.07. The van der Waals surface area contributed by atoms with E-state index in [9.17, 15) is 10.0 Å². The highest BCUT2D eigenvalue weighted by molar-refractivity contribution is 6.30. The zero-order valence-electron chi connectivity index (χ0n) is 13.3. The third-order valence-electron chi connectivity index (χ3n) is 3.89. The molecule has 6 nitrogen and oxygen atoms in total. The molecule has 0 saturated heterocycles. The number of rotatable bonds is 2. The van der Waals surface area contributed by atoms with Crippen LogP contribution in [0.4, 0.5) is 0 Å². The Labute approximate surface area is 143 Å². The van der Waals surface area contributed by atoms with Gasteiger partial charge in [0.2, 0.25) is 5.69 Å². The molecule has 0 saturated carbocycles. The molecule has 0 aliphatic rings. The van der Waals surface area contributed by atoms with Gasteiger partial charge in [0.05, 0.1) is 18.1 Å². The second-order valence-electron chi connectivity index (χ2n) is 5.38. The number of carbonyl (C=O) groups excluding carboxylic acids is 1. The molecule has 0 unspecified atom stereocenters. The van der Waals surface area contributed by atoms with Crippen molar-refractivity contribution in [2.75, 3.05) is 7.11 Å². The van der Waals surface area contributed by atoms with Gasteiger partial charge >= 0.3 is 5.97 Å². The normalized spacial score (nSPS) is 10.8. The van der Waals surface area contributed by atoms with E-state index < -0.39 is 5.97 Å². The van der Waals surface area contributed by atoms with Crippen molar-refractivity contribution < 1.29 is 14.3 Å². The molecule has 122 valence electrons. The predicted octanol–water partition coefficient (Wildman–Crippen LogP) is 2.99. The van der Waals surface area contributed by atoms with Crippen LogP contribution in [0, 0.1) is 19.1 Å². The molecule has 0 aliphatic carbocycles. The van der Waals surface area contributed by atoms with Gasteiger partial charge in [-0.2, -0.15) is 4.73 Å². The Morgan fingerprint density at radius 1 is 1.21 bits per heavy atom. The quantitative estimate of drug-likeness (QED) is 0.309. The van der Waals surface area contributed by atoms with Crippen LogP contribution in [0.5, 0.6) is 0 Å². The molecule has 3 heterocycles. The minimum absolute atomic E-state index is 0.196. The second-order valence-corrected chi connectivity index (χ2v) is 5.77. The van der Waals surface area contributed by atoms with Crippen molar-refractivity contribution in [3.63, 3.8) is 0 Å². The van der Waals surface area contributed by atoms with Crippen molar-refractivity contribution in [2.24, 2.45) is 0 Å². The smallest absolute Gasteiger partial charge is 0.356 e. The number of pyridine rings is 3. The van der Waals surface area contributed by atoms with Crippen molar-refractivity contribution in [3.8, 4) is 11.3 Å². The summed E-state index contributed by atoms with van der Waals surface area (Å²) in [5.41, 5.74) is 2.53. The molecule has 3 rings (SSSR count). The number of methoxy groups -OCH3 is 1. The van der Waals surface area contributed by atoms with Gasteiger partial charge in [-0.1, -0.05) is 11.6 Å². The number of ether oxygens (including phenoxy) is 1. The predicted molar refractivity (Wildman–Crippen MR) is 89.8 cm³/mol. The fraction of sp³-hybridized carbons (Fsp3) is 0.176. The maximum atomic E-state index is 12.7. The van der Waals surface area contributed by atoms with E-state index in [-0.39, 0.29) is 5.69 Å². The van der Waals surface area contributed by atoms with E-state index in [1.165, 1.54) is 13.3 Å². The fourth-order valence-electron chi connectivity index (χ4n) is 2.59. The zero-order valence-corrected chi connectivity index (χ0v) is 14.1. The number of fused-ring (bicyclic) bond motifs is 1. The minimum atomic E-state index is -0.520. The van der Waals surface area contributed by atoms with Gasteiger partial charge in [-0.05, 0) is 24.6 Å². The lowest BCUT2D eigenvalue weighted by Gasteiger charge is -2.12. The molecule has 0 amide bonds. The molecule has 24 heavy (non-hydrogen) atoms. The van der Waals surface area contributed by atoms with E-state index in [1.807, 2.05) is 6.92 Å². The molecule has 0 aromatic carbocycles. The maximum absolute atomic E-state index is 12.7. The molecule has 3 aromatic heterocycles. The van der Waals surface area contributed by atoms with Gasteiger partial charge in [-0.15, -0.1) is 0 Å². The van der Waals surface area contributed by atoms with E-state index in [0.717, 1.165) is 21.1 Å². The SMILES string of the molecule is COC(=O)c1cc(C)c(-c2cc3cnc(Cl)cc3c(C)[n+]2[O-])cn1. The molecule has 0 bridgehead atoms. The summed E-state index contributed by atoms with van der Waals surface area (Å²) < 4.78 is 5.49. The molecular weight excluding hydrogens is 330 g/mol. The minimum Gasteiger partial charge on any atom is -0.618 e. The summed E-state index contributed by atoms with van der Waals surface area (Å²) in [6, 6.07) is 5.00. The summed E-state index contributed by atoms with van der Waals surface area (Å²) in [5.74, 6) is -0.520. The first-order valence-corrected chi connectivity index (χ1v) is 7.54. The van der Waals surface area contributed by atoms with Gasteiger partial charge in [0.1, 0.15) is 10.8 Å². The molecule has 0 atom stereocenters. The standard InChI is InChI=1S/C17H14ClN3O3/c1-9-4-14(17(22)24-3)19-8-13(9)15-5-11-7-20-16(18)6-12(11)10(2)21(15)23/h4-8H,1-3H3. The molecule has 0 spiro atoms. The van der Waals surface area contributed by atoms with Crippen molar-refractivity contribution in [1.29, 1.82) is 0 Å². The van der Waals surface area contributed by atoms with E-state index in [0.29, 0.717) is 22.1 Å². The van der Waals surface area contributed by atoms with Crippen LogP contribution in [0.15, 0.2) is 30.6 Å². The molecule has 0 N–H and O–H groups in total. The third-order valence-corrected chi connectivity index (χ3v) is 4.09. The van der Waals surface area contributed by atoms with Gasteiger partial charge < -0.3 is 9.94 Å². The van der Waals surface area contributed by atoms with E-state index in [2.05, 4.69) is 14.7 Å². The summed E-state index contributed by atoms with van der Waals surface area (Å²) in [6.45, 7) is 3.53. The van der Waals surface area contributed by atoms with Crippen LogP contribution in [-0.2, 0) is 4.74 Å². The Bertz CT molecular complexity index is 973. The lowest BCUT2D eigenvalue weighted by Crippen LogP contribution is -2.33. The highest BCUT2D eigenvalue weighted by Crippen LogP contribution is 2.26. The Morgan fingerprint density at radius 3 is 2.62 bits per heavy atom. The molecule has 0 fully saturated rings. The van der Waals surface area contributed by atoms with Crippen molar-refractivity contribution in [1.82, 2.24) is 9.97 Å². The summed E-state index contributed by atoms with van der Waals surface area (Å²) in [6.07, 6.45) is 3.12. The van der Waals surface area contributed by atoms with Gasteiger partial charge in [0.15, 0.2) is 5.69 Å². The highest BCUT2D eigenvalue weighted by atomic mass is 35.5. The van der Waals surface area contributed by atoms with Crippen molar-refractivity contribution in [2.45, 2.75) is 13.8 Å². The van der Waals surface area contributed by atoms with Crippen LogP contribution in [0.3, 0.4) is 0 Å². The van der Waals surface area contributed by atoms with E-state index >= 15 is 0 Å². The molecule has 0 aliphatic heterocycles. The molecule has 3 aromatic rings. The van der Waals surface area contributed by atoms with E-state index in [1.54, 1.807) is 31.3 Å². The highest BCUT2D eigenvalue weighted by Gasteiger charge is 2.19. The summed E-state index contributed by atoms with van der Waals surface area (Å²) in [4.78, 5) is 19.7. The monoisotopic (exact) mass is 343 g/mol. The average molecular weight is 344 g/mol. The van der Waals surface area contributed by atoms with Crippen LogP contribution in [0.2, 0.25) is 5.15 Å². The molecule has 7 heteroatoms. The van der Waals surface area contributed by atoms with Crippen LogP contribution in [-0.4, -0.2) is 23.0 Å². The number of aryl methyl sites for hydroxylation is 2. The van der Waals surface area contributed by atoms with Crippen LogP contribution in [0.25, 0.3) is 22.0 Å². The van der Waals surface area contributed by atoms with Crippen LogP contribution < -0.4 is 4.73 Å². The number of nitrogens with zero attached hydrogens (tertiary/aromatic N) is 3. The second kappa shape index (κ2) is 6.05. The third kappa shape index (κ3) is 2.65.